The number of hydrogen-bond acceptors (Lipinski definition) is 12. The molecule has 310 valence electrons. The van der Waals surface area contributed by atoms with Crippen molar-refractivity contribution in [1.82, 2.24) is 0 Å². The van der Waals surface area contributed by atoms with Gasteiger partial charge in [-0.15, -0.1) is 0 Å². The third-order valence-electron chi connectivity index (χ3n) is 16.1. The van der Waals surface area contributed by atoms with E-state index >= 15 is 0 Å². The second kappa shape index (κ2) is 15.6. The van der Waals surface area contributed by atoms with Crippen LogP contribution in [0.5, 0.6) is 0 Å². The minimum atomic E-state index is -1.74. The number of allylic oxidation sites excluding steroid dienone is 3. The van der Waals surface area contributed by atoms with Gasteiger partial charge in [-0.3, -0.25) is 0 Å². The summed E-state index contributed by atoms with van der Waals surface area (Å²) >= 11 is 0. The van der Waals surface area contributed by atoms with E-state index in [0.717, 1.165) is 51.4 Å². The Balaban J connectivity index is 1.22. The molecule has 4 aliphatic carbocycles. The van der Waals surface area contributed by atoms with Crippen LogP contribution >= 0.6 is 0 Å². The van der Waals surface area contributed by atoms with Crippen LogP contribution in [-0.4, -0.2) is 128 Å². The Hall–Kier alpha value is -1.00. The van der Waals surface area contributed by atoms with Crippen LogP contribution in [0.3, 0.4) is 0 Å². The van der Waals surface area contributed by atoms with Gasteiger partial charge in [0.2, 0.25) is 0 Å². The molecule has 6 aliphatic rings. The fourth-order valence-corrected chi connectivity index (χ4v) is 13.0. The van der Waals surface area contributed by atoms with E-state index < -0.39 is 86.1 Å². The van der Waals surface area contributed by atoms with Gasteiger partial charge in [-0.25, -0.2) is 0 Å². The average Bonchev–Trinajstić information content (AvgIpc) is 3.49. The molecule has 6 fully saturated rings. The van der Waals surface area contributed by atoms with Crippen LogP contribution in [0.4, 0.5) is 0 Å². The molecule has 4 saturated carbocycles. The van der Waals surface area contributed by atoms with E-state index in [-0.39, 0.29) is 34.2 Å². The molecule has 0 radical (unpaired) electrons. The highest BCUT2D eigenvalue weighted by Crippen LogP contribution is 2.75. The van der Waals surface area contributed by atoms with Gasteiger partial charge in [0.05, 0.1) is 25.4 Å². The van der Waals surface area contributed by atoms with Crippen molar-refractivity contribution < 1.29 is 59.8 Å². The first kappa shape index (κ1) is 42.6. The zero-order chi connectivity index (χ0) is 39.7. The van der Waals surface area contributed by atoms with Gasteiger partial charge in [-0.05, 0) is 117 Å². The summed E-state index contributed by atoms with van der Waals surface area (Å²) in [4.78, 5) is 0. The lowest BCUT2D eigenvalue weighted by Crippen LogP contribution is -2.67. The highest BCUT2D eigenvalue weighted by Gasteiger charge is 2.70. The molecule has 8 N–H and O–H groups in total. The minimum absolute atomic E-state index is 0.0217. The smallest absolute Gasteiger partial charge is 0.187 e. The first-order chi connectivity index (χ1) is 25.3. The highest BCUT2D eigenvalue weighted by atomic mass is 16.8. The summed E-state index contributed by atoms with van der Waals surface area (Å²) in [6.45, 7) is 19.4. The molecule has 12 nitrogen and oxygen atoms in total. The van der Waals surface area contributed by atoms with Crippen molar-refractivity contribution in [1.29, 1.82) is 0 Å². The predicted octanol–water partition coefficient (Wildman–Crippen LogP) is 2.95. The number of fused-ring (bicyclic) bond motifs is 5. The fraction of sp³-hybridized carbons (Fsp3) is 0.905. The normalized spacial score (nSPS) is 51.5. The number of aliphatic hydroxyl groups is 8. The second-order valence-corrected chi connectivity index (χ2v) is 19.4. The maximum atomic E-state index is 12.1. The van der Waals surface area contributed by atoms with Crippen LogP contribution in [0.1, 0.15) is 106 Å². The molecule has 0 amide bonds. The number of hydrogen-bond donors (Lipinski definition) is 8. The van der Waals surface area contributed by atoms with Gasteiger partial charge >= 0.3 is 0 Å². The Labute approximate surface area is 321 Å². The molecule has 2 aliphatic heterocycles. The van der Waals surface area contributed by atoms with E-state index in [9.17, 15) is 40.9 Å². The lowest BCUT2D eigenvalue weighted by Gasteiger charge is -2.70. The van der Waals surface area contributed by atoms with Crippen LogP contribution in [-0.2, 0) is 18.9 Å². The molecule has 2 heterocycles. The molecule has 6 rings (SSSR count). The van der Waals surface area contributed by atoms with E-state index in [0.29, 0.717) is 18.3 Å². The minimum Gasteiger partial charge on any atom is -0.394 e. The Morgan fingerprint density at radius 1 is 0.722 bits per heavy atom. The summed E-state index contributed by atoms with van der Waals surface area (Å²) in [5, 5.41) is 85.4. The number of ether oxygens (including phenoxy) is 4. The van der Waals surface area contributed by atoms with Crippen LogP contribution in [0.15, 0.2) is 23.8 Å². The molecular weight excluding hydrogens is 696 g/mol. The van der Waals surface area contributed by atoms with Crippen molar-refractivity contribution in [2.45, 2.75) is 180 Å². The summed E-state index contributed by atoms with van der Waals surface area (Å²) in [5.41, 5.74) is 2.12. The largest absolute Gasteiger partial charge is 0.394 e. The summed E-state index contributed by atoms with van der Waals surface area (Å²) in [6.07, 6.45) is -5.12. The Kier molecular flexibility index (Phi) is 12.3. The second-order valence-electron chi connectivity index (χ2n) is 19.4. The standard InChI is InChI=1S/C42H70O12/c1-21(2)10-9-11-22(3)23-12-16-42(8)30(23)24(45)18-28-40(6)15-14-29(39(4,5)27(40)13-17-41(28,42)7)53-38-36(34(49)32(47)26(20-44)52-38)54-37-35(50)33(48)31(46)25(19-43)51-37/h10,23-38,43-50H,3,9,11-20H2,1-2,4-8H3/t23-,24-,25-,26-,27+,28-,29+,30+,31-,32-,33+,34+,35+,36+,37+,38+,40+,41-,42-/m1/s1. The number of rotatable bonds is 10. The number of aliphatic hydroxyl groups excluding tert-OH is 8. The van der Waals surface area contributed by atoms with Crippen molar-refractivity contribution in [2.75, 3.05) is 13.2 Å². The third kappa shape index (κ3) is 6.89. The van der Waals surface area contributed by atoms with Gasteiger partial charge in [0.25, 0.3) is 0 Å². The van der Waals surface area contributed by atoms with Crippen molar-refractivity contribution >= 4 is 0 Å². The van der Waals surface area contributed by atoms with Gasteiger partial charge in [0.15, 0.2) is 12.6 Å². The molecule has 19 atom stereocenters. The molecule has 0 aromatic heterocycles. The monoisotopic (exact) mass is 766 g/mol. The van der Waals surface area contributed by atoms with Crippen LogP contribution < -0.4 is 0 Å². The first-order valence-electron chi connectivity index (χ1n) is 20.5. The van der Waals surface area contributed by atoms with Gasteiger partial charge < -0.3 is 59.8 Å². The zero-order valence-corrected chi connectivity index (χ0v) is 33.5. The molecule has 12 heteroatoms. The lowest BCUT2D eigenvalue weighted by molar-refractivity contribution is -0.378. The predicted molar refractivity (Wildman–Crippen MR) is 199 cm³/mol. The van der Waals surface area contributed by atoms with Crippen molar-refractivity contribution in [2.24, 2.45) is 45.3 Å². The lowest BCUT2D eigenvalue weighted by atomic mass is 9.35. The topological polar surface area (TPSA) is 199 Å². The Bertz CT molecular complexity index is 1370. The van der Waals surface area contributed by atoms with Gasteiger partial charge in [-0.2, -0.15) is 0 Å². The van der Waals surface area contributed by atoms with Crippen LogP contribution in [0, 0.1) is 45.3 Å². The van der Waals surface area contributed by atoms with Gasteiger partial charge in [0, 0.05) is 0 Å². The van der Waals surface area contributed by atoms with E-state index in [2.05, 4.69) is 61.1 Å². The van der Waals surface area contributed by atoms with Crippen molar-refractivity contribution in [3.05, 3.63) is 23.8 Å². The summed E-state index contributed by atoms with van der Waals surface area (Å²) in [5.74, 6) is 1.03. The molecule has 54 heavy (non-hydrogen) atoms. The SMILES string of the molecule is C=C(CCC=C(C)C)[C@H]1CC[C@]2(C)[C@@H]1[C@H](O)C[C@@H]1[C@@]3(C)CC[C@H](O[C@@H]4O[C@H](CO)[C@@H](O)[C@H](O)[C@@H]4O[C@@H]4O[C@H](CO)[C@@H](O)[C@H](O)[C@@H]4O)C(C)(C)[C@@H]3CC[C@]12C. The van der Waals surface area contributed by atoms with Gasteiger partial charge in [0.1, 0.15) is 48.8 Å². The summed E-state index contributed by atoms with van der Waals surface area (Å²) in [6, 6.07) is 0. The highest BCUT2D eigenvalue weighted by molar-refractivity contribution is 5.22. The van der Waals surface area contributed by atoms with E-state index in [1.54, 1.807) is 0 Å². The van der Waals surface area contributed by atoms with E-state index in [1.807, 2.05) is 0 Å². The van der Waals surface area contributed by atoms with E-state index in [1.165, 1.54) is 11.1 Å². The van der Waals surface area contributed by atoms with Crippen LogP contribution in [0.25, 0.3) is 0 Å². The Morgan fingerprint density at radius 2 is 1.33 bits per heavy atom. The van der Waals surface area contributed by atoms with Crippen LogP contribution in [0.2, 0.25) is 0 Å². The molecule has 0 unspecified atom stereocenters. The molecular formula is C42H70O12. The van der Waals surface area contributed by atoms with Gasteiger partial charge in [-0.1, -0.05) is 58.4 Å². The van der Waals surface area contributed by atoms with E-state index in [4.69, 9.17) is 18.9 Å². The summed E-state index contributed by atoms with van der Waals surface area (Å²) < 4.78 is 24.4. The van der Waals surface area contributed by atoms with Crippen molar-refractivity contribution in [3.8, 4) is 0 Å². The molecule has 0 spiro atoms. The average molecular weight is 767 g/mol. The Morgan fingerprint density at radius 3 is 1.96 bits per heavy atom. The molecule has 0 bridgehead atoms. The first-order valence-corrected chi connectivity index (χ1v) is 20.5. The molecule has 0 aromatic rings. The maximum Gasteiger partial charge on any atom is 0.187 e. The molecule has 0 aromatic carbocycles. The summed E-state index contributed by atoms with van der Waals surface area (Å²) in [7, 11) is 0. The quantitative estimate of drug-likeness (QED) is 0.120. The fourth-order valence-electron chi connectivity index (χ4n) is 13.0. The molecule has 2 saturated heterocycles. The third-order valence-corrected chi connectivity index (χ3v) is 16.1. The zero-order valence-electron chi connectivity index (χ0n) is 33.5. The van der Waals surface area contributed by atoms with Crippen molar-refractivity contribution in [3.63, 3.8) is 0 Å². The maximum absolute atomic E-state index is 12.1.